The molecular formula is C10H11N3O3S. The molecule has 0 bridgehead atoms. The van der Waals surface area contributed by atoms with Crippen LogP contribution in [-0.2, 0) is 0 Å². The number of hydrogen-bond donors (Lipinski definition) is 3. The van der Waals surface area contributed by atoms with Crippen molar-refractivity contribution in [3.63, 3.8) is 0 Å². The number of nitrogen functional groups attached to an aromatic ring is 1. The quantitative estimate of drug-likeness (QED) is 0.703. The second-order valence-corrected chi connectivity index (χ2v) is 4.18. The lowest BCUT2D eigenvalue weighted by molar-refractivity contribution is -0.991. The van der Waals surface area contributed by atoms with Gasteiger partial charge in [0.15, 0.2) is 10.9 Å². The second kappa shape index (κ2) is 4.68. The number of nitrogens with zero attached hydrogens (tertiary/aromatic N) is 1. The van der Waals surface area contributed by atoms with Gasteiger partial charge >= 0.3 is 0 Å². The van der Waals surface area contributed by atoms with Gasteiger partial charge in [0.2, 0.25) is 5.69 Å². The molecule has 17 heavy (non-hydrogen) atoms. The fourth-order valence-corrected chi connectivity index (χ4v) is 2.03. The van der Waals surface area contributed by atoms with Gasteiger partial charge < -0.3 is 15.7 Å². The first kappa shape index (κ1) is 11.8. The van der Waals surface area contributed by atoms with Crippen molar-refractivity contribution < 1.29 is 15.2 Å². The molecule has 0 radical (unpaired) electrons. The average Bonchev–Trinajstić information content (AvgIpc) is 2.75. The molecule has 1 aromatic heterocycles. The molecule has 1 heterocycles. The van der Waals surface area contributed by atoms with Crippen LogP contribution in [0.2, 0.25) is 0 Å². The molecular weight excluding hydrogens is 242 g/mol. The van der Waals surface area contributed by atoms with Gasteiger partial charge in [-0.25, -0.2) is 10.2 Å². The van der Waals surface area contributed by atoms with Gasteiger partial charge in [0.05, 0.1) is 12.8 Å². The molecule has 1 unspecified atom stereocenters. The van der Waals surface area contributed by atoms with Gasteiger partial charge in [-0.3, -0.25) is 0 Å². The minimum Gasteiger partial charge on any atom is -0.595 e. The van der Waals surface area contributed by atoms with E-state index in [-0.39, 0.29) is 5.69 Å². The van der Waals surface area contributed by atoms with Gasteiger partial charge in [-0.1, -0.05) is 0 Å². The normalized spacial score (nSPS) is 12.4. The molecule has 0 aliphatic carbocycles. The maximum absolute atomic E-state index is 11.0. The predicted molar refractivity (Wildman–Crippen MR) is 64.3 cm³/mol. The summed E-state index contributed by atoms with van der Waals surface area (Å²) >= 11 is 1.31. The molecule has 7 heteroatoms. The zero-order chi connectivity index (χ0) is 12.4. The first-order chi connectivity index (χ1) is 8.11. The molecule has 90 valence electrons. The largest absolute Gasteiger partial charge is 0.595 e. The number of rotatable bonds is 3. The number of hydrogen-bond acceptors (Lipinski definition) is 6. The molecule has 0 fully saturated rings. The molecule has 0 saturated heterocycles. The molecule has 4 N–H and O–H groups in total. The highest BCUT2D eigenvalue weighted by atomic mass is 32.1. The summed E-state index contributed by atoms with van der Waals surface area (Å²) in [6.45, 7) is 0. The zero-order valence-electron chi connectivity index (χ0n) is 9.01. The molecule has 0 aliphatic heterocycles. The number of thiazole rings is 1. The Labute approximate surface area is 101 Å². The van der Waals surface area contributed by atoms with E-state index in [0.717, 1.165) is 0 Å². The van der Waals surface area contributed by atoms with Gasteiger partial charge in [0.25, 0.3) is 0 Å². The molecule has 2 aromatic rings. The fourth-order valence-electron chi connectivity index (χ4n) is 1.45. The van der Waals surface area contributed by atoms with E-state index in [9.17, 15) is 5.21 Å². The van der Waals surface area contributed by atoms with Gasteiger partial charge in [-0.2, -0.15) is 5.23 Å². The summed E-state index contributed by atoms with van der Waals surface area (Å²) < 4.78 is 4.98. The van der Waals surface area contributed by atoms with Crippen LogP contribution in [0, 0.1) is 5.21 Å². The Morgan fingerprint density at radius 1 is 1.53 bits per heavy atom. The van der Waals surface area contributed by atoms with E-state index in [4.69, 9.17) is 15.7 Å². The number of benzene rings is 1. The van der Waals surface area contributed by atoms with Crippen LogP contribution >= 0.6 is 11.3 Å². The number of quaternary nitrogens is 1. The number of nitrogens with one attached hydrogen (secondary N) is 1. The highest BCUT2D eigenvalue weighted by Gasteiger charge is 2.12. The fraction of sp³-hybridized carbons (Fsp3) is 0.100. The number of aromatic nitrogens is 1. The van der Waals surface area contributed by atoms with Crippen LogP contribution in [0.3, 0.4) is 0 Å². The number of nitrogens with two attached hydrogens (primary N) is 1. The average molecular weight is 253 g/mol. The van der Waals surface area contributed by atoms with Crippen LogP contribution in [0.25, 0.3) is 11.3 Å². The van der Waals surface area contributed by atoms with E-state index in [1.165, 1.54) is 24.5 Å². The topological polar surface area (TPSA) is 95.9 Å². The van der Waals surface area contributed by atoms with Gasteiger partial charge in [0.1, 0.15) is 0 Å². The summed E-state index contributed by atoms with van der Waals surface area (Å²) in [5.74, 6) is 0.324. The standard InChI is InChI=1S/C10H11N3O3S/c1-16-9-3-2-6(4-8(9)13(14)15)7-5-17-10(11)12-7/h2-5,13-14H,1H3,(H2,11,12). The second-order valence-electron chi connectivity index (χ2n) is 3.29. The summed E-state index contributed by atoms with van der Waals surface area (Å²) in [6, 6.07) is 4.88. The van der Waals surface area contributed by atoms with Crippen molar-refractivity contribution in [3.8, 4) is 17.0 Å². The monoisotopic (exact) mass is 253 g/mol. The minimum atomic E-state index is -1.04. The Bertz CT molecular complexity index is 527. The third-order valence-corrected chi connectivity index (χ3v) is 2.92. The van der Waals surface area contributed by atoms with Crippen LogP contribution in [0.15, 0.2) is 23.6 Å². The lowest BCUT2D eigenvalue weighted by atomic mass is 10.1. The van der Waals surface area contributed by atoms with Crippen LogP contribution in [0.4, 0.5) is 10.8 Å². The minimum absolute atomic E-state index is 0.108. The van der Waals surface area contributed by atoms with Crippen molar-refractivity contribution in [2.75, 3.05) is 12.8 Å². The summed E-state index contributed by atoms with van der Waals surface area (Å²) in [5, 5.41) is 21.3. The SMILES string of the molecule is COc1ccc(-c2csc(N)n2)cc1[NH+]([O-])O. The molecule has 0 aliphatic rings. The van der Waals surface area contributed by atoms with Crippen LogP contribution in [0.1, 0.15) is 0 Å². The lowest BCUT2D eigenvalue weighted by Gasteiger charge is -2.15. The van der Waals surface area contributed by atoms with Crippen molar-refractivity contribution >= 4 is 22.2 Å². The molecule has 6 nitrogen and oxygen atoms in total. The smallest absolute Gasteiger partial charge is 0.206 e. The van der Waals surface area contributed by atoms with Crippen molar-refractivity contribution in [3.05, 3.63) is 28.8 Å². The number of methoxy groups -OCH3 is 1. The Morgan fingerprint density at radius 2 is 2.29 bits per heavy atom. The van der Waals surface area contributed by atoms with Gasteiger partial charge in [0, 0.05) is 17.0 Å². The molecule has 1 atom stereocenters. The Kier molecular flexibility index (Phi) is 3.25. The molecule has 0 saturated carbocycles. The highest BCUT2D eigenvalue weighted by molar-refractivity contribution is 7.13. The molecule has 1 aromatic carbocycles. The number of anilines is 1. The third kappa shape index (κ3) is 2.37. The highest BCUT2D eigenvalue weighted by Crippen LogP contribution is 2.29. The van der Waals surface area contributed by atoms with E-state index in [0.29, 0.717) is 22.1 Å². The first-order valence-corrected chi connectivity index (χ1v) is 5.62. The van der Waals surface area contributed by atoms with E-state index >= 15 is 0 Å². The zero-order valence-corrected chi connectivity index (χ0v) is 9.82. The van der Waals surface area contributed by atoms with Crippen LogP contribution < -0.4 is 15.7 Å². The summed E-state index contributed by atoms with van der Waals surface area (Å²) in [4.78, 5) is 4.10. The maximum Gasteiger partial charge on any atom is 0.206 e. The number of ether oxygens (including phenoxy) is 1. The third-order valence-electron chi connectivity index (χ3n) is 2.25. The Balaban J connectivity index is 2.47. The first-order valence-electron chi connectivity index (χ1n) is 4.74. The van der Waals surface area contributed by atoms with Crippen LogP contribution in [-0.4, -0.2) is 17.3 Å². The Hall–Kier alpha value is -1.67. The van der Waals surface area contributed by atoms with Gasteiger partial charge in [-0.15, -0.1) is 11.3 Å². The summed E-state index contributed by atoms with van der Waals surface area (Å²) in [6.07, 6.45) is 0. The summed E-state index contributed by atoms with van der Waals surface area (Å²) in [5.41, 5.74) is 7.01. The Morgan fingerprint density at radius 3 is 2.82 bits per heavy atom. The van der Waals surface area contributed by atoms with Gasteiger partial charge in [-0.05, 0) is 12.1 Å². The molecule has 0 spiro atoms. The molecule has 2 rings (SSSR count). The molecule has 0 amide bonds. The maximum atomic E-state index is 11.0. The van der Waals surface area contributed by atoms with Crippen LogP contribution in [0.5, 0.6) is 5.75 Å². The van der Waals surface area contributed by atoms with E-state index < -0.39 is 5.23 Å². The lowest BCUT2D eigenvalue weighted by Crippen LogP contribution is -2.99. The van der Waals surface area contributed by atoms with E-state index in [1.807, 2.05) is 0 Å². The predicted octanol–water partition coefficient (Wildman–Crippen LogP) is 0.804. The summed E-state index contributed by atoms with van der Waals surface area (Å²) in [7, 11) is 1.43. The van der Waals surface area contributed by atoms with Crippen molar-refractivity contribution in [2.45, 2.75) is 0 Å². The van der Waals surface area contributed by atoms with E-state index in [1.54, 1.807) is 17.5 Å². The van der Waals surface area contributed by atoms with E-state index in [2.05, 4.69) is 4.98 Å². The van der Waals surface area contributed by atoms with Crippen molar-refractivity contribution in [2.24, 2.45) is 0 Å². The van der Waals surface area contributed by atoms with Crippen molar-refractivity contribution in [1.82, 2.24) is 4.98 Å². The van der Waals surface area contributed by atoms with Crippen molar-refractivity contribution in [1.29, 1.82) is 0 Å².